The second-order valence-electron chi connectivity index (χ2n) is 32.2. The molecule has 0 amide bonds. The third kappa shape index (κ3) is 12.1. The second-order valence-corrected chi connectivity index (χ2v) is 32.2. The molecular formula is C78H92N6. The first-order chi connectivity index (χ1) is 38.5. The molecule has 4 aliphatic heterocycles. The van der Waals surface area contributed by atoms with Gasteiger partial charge in [0.25, 0.3) is 0 Å². The van der Waals surface area contributed by atoms with Crippen molar-refractivity contribution in [3.8, 4) is 6.07 Å². The van der Waals surface area contributed by atoms with Crippen LogP contribution in [0.5, 0.6) is 0 Å². The Morgan fingerprint density at radius 3 is 1.04 bits per heavy atom. The van der Waals surface area contributed by atoms with Crippen molar-refractivity contribution in [1.29, 1.82) is 10.7 Å². The van der Waals surface area contributed by atoms with E-state index in [1.807, 2.05) is 12.2 Å². The van der Waals surface area contributed by atoms with Gasteiger partial charge in [-0.2, -0.15) is 5.26 Å². The normalized spacial score (nSPS) is 16.5. The van der Waals surface area contributed by atoms with Gasteiger partial charge in [-0.3, -0.25) is 5.41 Å². The number of nitrogens with zero attached hydrogens (tertiary/aromatic N) is 4. The Labute approximate surface area is 503 Å². The zero-order valence-corrected chi connectivity index (χ0v) is 55.2. The van der Waals surface area contributed by atoms with Crippen molar-refractivity contribution in [1.82, 2.24) is 4.98 Å². The number of fused-ring (bicyclic) bond motifs is 5. The van der Waals surface area contributed by atoms with Crippen LogP contribution in [0.4, 0.5) is 0 Å². The Morgan fingerprint density at radius 2 is 0.702 bits per heavy atom. The van der Waals surface area contributed by atoms with Crippen molar-refractivity contribution in [3.05, 3.63) is 215 Å². The number of rotatable bonds is 4. The highest BCUT2D eigenvalue weighted by Crippen LogP contribution is 2.44. The lowest BCUT2D eigenvalue weighted by Gasteiger charge is -2.27. The van der Waals surface area contributed by atoms with Gasteiger partial charge in [0.1, 0.15) is 6.07 Å². The number of benzene rings is 4. The monoisotopic (exact) mass is 1110 g/mol. The van der Waals surface area contributed by atoms with Crippen molar-refractivity contribution in [2.75, 3.05) is 0 Å². The summed E-state index contributed by atoms with van der Waals surface area (Å²) in [6, 6.07) is 34.9. The van der Waals surface area contributed by atoms with E-state index in [0.717, 1.165) is 66.7 Å². The average Bonchev–Trinajstić information content (AvgIpc) is 1.72. The SMILES string of the molecule is CC(C)(C)c1cc(C2=C3C=CC(=N3)C(c3cc(C(C)(C)C)cc(C(C)(C)C)c3)=C3C=C(C#N)C(=N3)C(c3cc(C(C)(C)C)cc(C(C)(C)C)c3)=c3ccc([nH]3)=C(c3cc(C(C)(C)C)cc(C(C)(C)C)c3)C3=NC2=CC3=C=N)cc(C(C)(C)C)c1. The lowest BCUT2D eigenvalue weighted by molar-refractivity contribution is 0.567. The summed E-state index contributed by atoms with van der Waals surface area (Å²) in [5.74, 6) is 2.93. The third-order valence-corrected chi connectivity index (χ3v) is 17.0. The highest BCUT2D eigenvalue weighted by atomic mass is 14.9. The maximum atomic E-state index is 11.6. The molecule has 8 bridgehead atoms. The lowest BCUT2D eigenvalue weighted by Crippen LogP contribution is -2.24. The number of aromatic amines is 1. The molecule has 6 heteroatoms. The van der Waals surface area contributed by atoms with Crippen molar-refractivity contribution >= 4 is 45.3 Å². The van der Waals surface area contributed by atoms with Gasteiger partial charge < -0.3 is 4.98 Å². The first-order valence-electron chi connectivity index (χ1n) is 30.2. The van der Waals surface area contributed by atoms with Gasteiger partial charge in [0.05, 0.1) is 45.4 Å². The molecule has 84 heavy (non-hydrogen) atoms. The molecule has 434 valence electrons. The number of nitrogens with one attached hydrogen (secondary N) is 2. The van der Waals surface area contributed by atoms with Gasteiger partial charge in [0, 0.05) is 33.0 Å². The summed E-state index contributed by atoms with van der Waals surface area (Å²) in [7, 11) is 0. The number of aliphatic imine (C=N–C) groups is 3. The fourth-order valence-corrected chi connectivity index (χ4v) is 11.2. The van der Waals surface area contributed by atoms with Crippen molar-refractivity contribution in [2.45, 2.75) is 209 Å². The Hall–Kier alpha value is -7.45. The van der Waals surface area contributed by atoms with Crippen LogP contribution in [0.25, 0.3) is 22.3 Å². The Kier molecular flexibility index (Phi) is 15.0. The van der Waals surface area contributed by atoms with E-state index in [-0.39, 0.29) is 43.3 Å². The van der Waals surface area contributed by atoms with Gasteiger partial charge >= 0.3 is 0 Å². The summed E-state index contributed by atoms with van der Waals surface area (Å²) in [5, 5.41) is 22.5. The zero-order chi connectivity index (χ0) is 62.0. The molecule has 0 atom stereocenters. The molecule has 0 spiro atoms. The lowest BCUT2D eigenvalue weighted by atomic mass is 9.78. The highest BCUT2D eigenvalue weighted by molar-refractivity contribution is 6.38. The second kappa shape index (κ2) is 20.7. The molecule has 9 rings (SSSR count). The molecule has 0 unspecified atom stereocenters. The minimum Gasteiger partial charge on any atom is -0.354 e. The molecular weight excluding hydrogens is 1020 g/mol. The number of aromatic nitrogens is 1. The van der Waals surface area contributed by atoms with Gasteiger partial charge in [-0.1, -0.05) is 239 Å². The molecule has 4 aromatic carbocycles. The quantitative estimate of drug-likeness (QED) is 0.172. The van der Waals surface area contributed by atoms with Gasteiger partial charge in [-0.25, -0.2) is 15.0 Å². The Morgan fingerprint density at radius 1 is 0.369 bits per heavy atom. The molecule has 6 nitrogen and oxygen atoms in total. The fourth-order valence-electron chi connectivity index (χ4n) is 11.2. The van der Waals surface area contributed by atoms with Crippen LogP contribution in [0, 0.1) is 16.7 Å². The molecule has 0 fully saturated rings. The Bertz CT molecular complexity index is 3970. The average molecular weight is 1110 g/mol. The van der Waals surface area contributed by atoms with Gasteiger partial charge in [-0.15, -0.1) is 0 Å². The van der Waals surface area contributed by atoms with E-state index in [1.165, 1.54) is 44.5 Å². The molecule has 2 N–H and O–H groups in total. The molecule has 0 aliphatic carbocycles. The number of nitriles is 1. The summed E-state index contributed by atoms with van der Waals surface area (Å²) in [6.45, 7) is 54.4. The summed E-state index contributed by atoms with van der Waals surface area (Å²) < 4.78 is 0. The highest BCUT2D eigenvalue weighted by Gasteiger charge is 2.34. The van der Waals surface area contributed by atoms with Gasteiger partial charge in [0.2, 0.25) is 0 Å². The van der Waals surface area contributed by atoms with E-state index in [9.17, 15) is 10.7 Å². The minimum atomic E-state index is -0.202. The van der Waals surface area contributed by atoms with Crippen molar-refractivity contribution in [3.63, 3.8) is 0 Å². The number of hydrogen-bond donors (Lipinski definition) is 2. The van der Waals surface area contributed by atoms with Crippen molar-refractivity contribution in [2.24, 2.45) is 15.0 Å². The first kappa shape index (κ1) is 61.1. The third-order valence-electron chi connectivity index (χ3n) is 17.0. The predicted molar refractivity (Wildman–Crippen MR) is 359 cm³/mol. The fraction of sp³-hybridized carbons (Fsp3) is 0.410. The summed E-state index contributed by atoms with van der Waals surface area (Å²) in [6.07, 6.45) is 8.30. The summed E-state index contributed by atoms with van der Waals surface area (Å²) >= 11 is 0. The summed E-state index contributed by atoms with van der Waals surface area (Å²) in [4.78, 5) is 21.4. The Balaban J connectivity index is 1.57. The smallest absolute Gasteiger partial charge is 0.102 e. The van der Waals surface area contributed by atoms with Gasteiger partial charge in [-0.05, 0) is 152 Å². The van der Waals surface area contributed by atoms with Crippen LogP contribution in [-0.4, -0.2) is 28.0 Å². The van der Waals surface area contributed by atoms with E-state index in [1.54, 1.807) is 0 Å². The van der Waals surface area contributed by atoms with Crippen LogP contribution in [0.3, 0.4) is 0 Å². The van der Waals surface area contributed by atoms with Gasteiger partial charge in [0.15, 0.2) is 0 Å². The van der Waals surface area contributed by atoms with Crippen LogP contribution in [-0.2, 0) is 43.3 Å². The van der Waals surface area contributed by atoms with Crippen LogP contribution in [0.2, 0.25) is 0 Å². The number of allylic oxidation sites excluding steroid dienone is 8. The van der Waals surface area contributed by atoms with Crippen LogP contribution < -0.4 is 10.7 Å². The predicted octanol–water partition coefficient (Wildman–Crippen LogP) is 18.1. The van der Waals surface area contributed by atoms with Crippen LogP contribution >= 0.6 is 0 Å². The minimum absolute atomic E-state index is 0.186. The molecule has 0 saturated carbocycles. The molecule has 0 radical (unpaired) electrons. The van der Waals surface area contributed by atoms with E-state index in [0.29, 0.717) is 34.0 Å². The molecule has 5 aromatic rings. The molecule has 4 aliphatic rings. The van der Waals surface area contributed by atoms with E-state index < -0.39 is 0 Å². The molecule has 0 saturated heterocycles. The van der Waals surface area contributed by atoms with Crippen LogP contribution in [0.15, 0.2) is 152 Å². The van der Waals surface area contributed by atoms with E-state index in [4.69, 9.17) is 15.0 Å². The topological polar surface area (TPSA) is 101 Å². The van der Waals surface area contributed by atoms with E-state index in [2.05, 4.69) is 280 Å². The standard InChI is InChI=1S/C78H92N6/c1-71(2,3)51-29-45(30-52(39-51)72(4,5)6)65-59-25-26-60(81-59)66(46-31-53(73(7,8)9)40-54(32-46)74(10,11)12)64-38-50(44-80)70(84-64)68(48-35-57(77(19,20)21)42-58(36-48)78(22,23)24)62-28-27-61(82-62)67(69-49(43-79)37-63(65)83-69)47-33-55(75(13,14)15)41-56(34-47)76(16,17)18/h25-42,79,82H,1-24H3. The molecule has 1 aromatic heterocycles. The summed E-state index contributed by atoms with van der Waals surface area (Å²) in [5.41, 5.74) is 20.4. The largest absolute Gasteiger partial charge is 0.354 e. The van der Waals surface area contributed by atoms with E-state index >= 15 is 0 Å². The van der Waals surface area contributed by atoms with Crippen LogP contribution in [0.1, 0.15) is 233 Å². The first-order valence-corrected chi connectivity index (χ1v) is 30.2. The maximum absolute atomic E-state index is 11.6. The maximum Gasteiger partial charge on any atom is 0.102 e. The zero-order valence-electron chi connectivity index (χ0n) is 55.2. The number of hydrogen-bond acceptors (Lipinski definition) is 5. The molecule has 5 heterocycles. The number of H-pyrrole nitrogens is 1. The van der Waals surface area contributed by atoms with Crippen molar-refractivity contribution < 1.29 is 0 Å².